The molecule has 1 aliphatic carbocycles. The molecule has 0 radical (unpaired) electrons. The van der Waals surface area contributed by atoms with Crippen molar-refractivity contribution in [3.8, 4) is 5.75 Å². The zero-order chi connectivity index (χ0) is 39.6. The Morgan fingerprint density at radius 1 is 0.946 bits per heavy atom. The molecule has 4 atom stereocenters. The molecule has 56 heavy (non-hydrogen) atoms. The van der Waals surface area contributed by atoms with E-state index in [1.807, 2.05) is 66.7 Å². The van der Waals surface area contributed by atoms with Gasteiger partial charge in [-0.2, -0.15) is 4.90 Å². The molecule has 7 rings (SSSR count). The molecular formula is C44H47BN2O8Si. The molecule has 0 saturated carbocycles. The molecule has 3 heterocycles. The highest BCUT2D eigenvalue weighted by Crippen LogP contribution is 2.51. The number of aromatic nitrogens is 1. The van der Waals surface area contributed by atoms with Crippen molar-refractivity contribution in [2.24, 2.45) is 17.8 Å². The fourth-order valence-electron chi connectivity index (χ4n) is 9.05. The summed E-state index contributed by atoms with van der Waals surface area (Å²) in [4.78, 5) is 46.0. The van der Waals surface area contributed by atoms with Gasteiger partial charge in [-0.05, 0) is 99.5 Å². The molecule has 2 fully saturated rings. The normalized spacial score (nSPS) is 21.6. The number of likely N-dealkylation sites (tertiary alicyclic amines) is 1. The molecule has 0 bridgehead atoms. The Morgan fingerprint density at radius 3 is 2.23 bits per heavy atom. The van der Waals surface area contributed by atoms with E-state index in [2.05, 4.69) is 50.0 Å². The summed E-state index contributed by atoms with van der Waals surface area (Å²) in [6.45, 7) is 6.76. The van der Waals surface area contributed by atoms with Gasteiger partial charge in [0.25, 0.3) is 8.32 Å². The van der Waals surface area contributed by atoms with Crippen molar-refractivity contribution in [3.05, 3.63) is 132 Å². The minimum atomic E-state index is -3.05. The van der Waals surface area contributed by atoms with Crippen molar-refractivity contribution in [3.63, 3.8) is 0 Å². The summed E-state index contributed by atoms with van der Waals surface area (Å²) in [6, 6.07) is 33.2. The third-order valence-electron chi connectivity index (χ3n) is 11.4. The Labute approximate surface area is 329 Å². The SMILES string of the molecule is COC(=O)N1C(=O)[C@@H]2[C@@H](CC(CO[Si](c3ccccc3)(c3ccccc3)C(C)(C)C)=C3[C@@H](CC/C(=C/c4cccc(O)c4)c4ccccn4)OB(O)C[C@@H]32)C1=O. The van der Waals surface area contributed by atoms with Gasteiger partial charge < -0.3 is 23.9 Å². The van der Waals surface area contributed by atoms with E-state index in [4.69, 9.17) is 13.8 Å². The molecule has 2 aliphatic heterocycles. The van der Waals surface area contributed by atoms with E-state index < -0.39 is 57.2 Å². The van der Waals surface area contributed by atoms with Crippen molar-refractivity contribution in [2.75, 3.05) is 13.7 Å². The first-order valence-electron chi connectivity index (χ1n) is 19.1. The van der Waals surface area contributed by atoms with E-state index in [1.165, 1.54) is 0 Å². The molecule has 12 heteroatoms. The van der Waals surface area contributed by atoms with E-state index in [9.17, 15) is 24.5 Å². The van der Waals surface area contributed by atoms with E-state index in [1.54, 1.807) is 24.4 Å². The van der Waals surface area contributed by atoms with Gasteiger partial charge in [0, 0.05) is 6.20 Å². The number of pyridine rings is 1. The van der Waals surface area contributed by atoms with Crippen LogP contribution in [0.2, 0.25) is 11.4 Å². The number of nitrogens with zero attached hydrogens (tertiary/aromatic N) is 2. The summed E-state index contributed by atoms with van der Waals surface area (Å²) in [5.74, 6) is -3.35. The van der Waals surface area contributed by atoms with Gasteiger partial charge in [-0.1, -0.05) is 99.6 Å². The van der Waals surface area contributed by atoms with Crippen LogP contribution in [0.15, 0.2) is 120 Å². The molecule has 2 N–H and O–H groups in total. The first kappa shape index (κ1) is 39.1. The Kier molecular flexibility index (Phi) is 11.3. The molecule has 4 aromatic rings. The van der Waals surface area contributed by atoms with Gasteiger partial charge in [0.05, 0.1) is 37.4 Å². The zero-order valence-electron chi connectivity index (χ0n) is 32.1. The summed E-state index contributed by atoms with van der Waals surface area (Å²) in [7, 11) is -3.12. The Hall–Kier alpha value is -5.14. The van der Waals surface area contributed by atoms with Crippen LogP contribution < -0.4 is 10.4 Å². The van der Waals surface area contributed by atoms with Gasteiger partial charge in [0.15, 0.2) is 0 Å². The average molecular weight is 771 g/mol. The molecule has 10 nitrogen and oxygen atoms in total. The third-order valence-corrected chi connectivity index (χ3v) is 16.4. The highest BCUT2D eigenvalue weighted by atomic mass is 28.4. The average Bonchev–Trinajstić information content (AvgIpc) is 3.45. The number of imide groups is 3. The van der Waals surface area contributed by atoms with Crippen molar-refractivity contribution in [2.45, 2.75) is 57.5 Å². The van der Waals surface area contributed by atoms with Gasteiger partial charge in [-0.3, -0.25) is 14.6 Å². The Morgan fingerprint density at radius 2 is 1.62 bits per heavy atom. The topological polar surface area (TPSA) is 135 Å². The van der Waals surface area contributed by atoms with Gasteiger partial charge in [-0.25, -0.2) is 4.79 Å². The number of ether oxygens (including phenoxy) is 1. The van der Waals surface area contributed by atoms with Crippen LogP contribution in [0, 0.1) is 17.8 Å². The van der Waals surface area contributed by atoms with E-state index in [0.29, 0.717) is 17.7 Å². The Bertz CT molecular complexity index is 2100. The molecule has 1 aromatic heterocycles. The van der Waals surface area contributed by atoms with Gasteiger partial charge in [0.2, 0.25) is 11.8 Å². The predicted molar refractivity (Wildman–Crippen MR) is 217 cm³/mol. The fourth-order valence-corrected chi connectivity index (χ4v) is 13.6. The molecule has 2 saturated heterocycles. The zero-order valence-corrected chi connectivity index (χ0v) is 33.1. The van der Waals surface area contributed by atoms with Crippen LogP contribution in [-0.4, -0.2) is 73.2 Å². The standard InChI is InChI=1S/C44H47BN2O8Si/c1-44(2,3)56(33-16-7-5-8-17-33,34-18-9-6-10-19-34)54-28-31-26-35-40(42(50)47(41(35)49)43(51)53-4)36-27-45(52)55-38(39(31)36)22-21-30(37-20-11-12-23-46-37)24-29-14-13-15-32(48)25-29/h5-20,23-25,35-36,38,40,48,52H,21-22,26-28H2,1-4H3/b30-24-/t35-,36+,38-,40-/m1/s1. The predicted octanol–water partition coefficient (Wildman–Crippen LogP) is 6.25. The number of carbonyl (C=O) groups is 3. The molecule has 288 valence electrons. The lowest BCUT2D eigenvalue weighted by Crippen LogP contribution is -2.66. The lowest BCUT2D eigenvalue weighted by Gasteiger charge is -2.46. The maximum atomic E-state index is 14.0. The minimum Gasteiger partial charge on any atom is -0.508 e. The highest BCUT2D eigenvalue weighted by molar-refractivity contribution is 6.99. The lowest BCUT2D eigenvalue weighted by atomic mass is 9.58. The largest absolute Gasteiger partial charge is 0.508 e. The summed E-state index contributed by atoms with van der Waals surface area (Å²) >= 11 is 0. The summed E-state index contributed by atoms with van der Waals surface area (Å²) in [5.41, 5.74) is 4.11. The number of amides is 3. The molecule has 3 aliphatic rings. The number of aromatic hydroxyl groups is 1. The van der Waals surface area contributed by atoms with Crippen LogP contribution in [0.3, 0.4) is 0 Å². The van der Waals surface area contributed by atoms with E-state index >= 15 is 0 Å². The fraction of sp³-hybridized carbons (Fsp3) is 0.318. The van der Waals surface area contributed by atoms with Gasteiger partial charge >= 0.3 is 13.2 Å². The number of hydrogen-bond donors (Lipinski definition) is 2. The number of methoxy groups -OCH3 is 1. The number of carbonyl (C=O) groups excluding carboxylic acids is 3. The molecular weight excluding hydrogens is 723 g/mol. The number of allylic oxidation sites excluding steroid dienone is 1. The van der Waals surface area contributed by atoms with Crippen molar-refractivity contribution in [1.82, 2.24) is 9.88 Å². The molecule has 3 aromatic carbocycles. The number of phenolic OH excluding ortho intramolecular Hbond substituents is 1. The van der Waals surface area contributed by atoms with Gasteiger partial charge in [0.1, 0.15) is 5.75 Å². The summed E-state index contributed by atoms with van der Waals surface area (Å²) < 4.78 is 18.7. The van der Waals surface area contributed by atoms with Crippen molar-refractivity contribution >= 4 is 55.4 Å². The van der Waals surface area contributed by atoms with Crippen LogP contribution in [0.1, 0.15) is 51.3 Å². The quantitative estimate of drug-likeness (QED) is 0.109. The van der Waals surface area contributed by atoms with Crippen molar-refractivity contribution < 1.29 is 38.3 Å². The maximum Gasteiger partial charge on any atom is 0.455 e. The van der Waals surface area contributed by atoms with Crippen molar-refractivity contribution in [1.29, 1.82) is 0 Å². The van der Waals surface area contributed by atoms with Crippen LogP contribution in [0.4, 0.5) is 4.79 Å². The highest BCUT2D eigenvalue weighted by Gasteiger charge is 2.60. The first-order valence-corrected chi connectivity index (χ1v) is 21.0. The second-order valence-electron chi connectivity index (χ2n) is 15.8. The summed E-state index contributed by atoms with van der Waals surface area (Å²) in [5, 5.41) is 23.4. The van der Waals surface area contributed by atoms with E-state index in [0.717, 1.165) is 45.5 Å². The number of benzene rings is 3. The summed E-state index contributed by atoms with van der Waals surface area (Å²) in [6.07, 6.45) is 3.19. The maximum absolute atomic E-state index is 14.0. The van der Waals surface area contributed by atoms with E-state index in [-0.39, 0.29) is 30.1 Å². The van der Waals surface area contributed by atoms with Gasteiger partial charge in [-0.15, -0.1) is 0 Å². The number of fused-ring (bicyclic) bond motifs is 3. The minimum absolute atomic E-state index is 0.0793. The molecule has 0 spiro atoms. The second-order valence-corrected chi connectivity index (χ2v) is 20.1. The number of phenols is 1. The smallest absolute Gasteiger partial charge is 0.455 e. The lowest BCUT2D eigenvalue weighted by molar-refractivity contribution is -0.137. The second kappa shape index (κ2) is 16.1. The molecule has 3 amide bonds. The van der Waals surface area contributed by atoms with Crippen LogP contribution in [-0.2, 0) is 23.4 Å². The third kappa shape index (κ3) is 7.42. The van der Waals surface area contributed by atoms with Crippen LogP contribution in [0.25, 0.3) is 11.6 Å². The number of hydrogen-bond acceptors (Lipinski definition) is 9. The van der Waals surface area contributed by atoms with Crippen LogP contribution in [0.5, 0.6) is 5.75 Å². The Balaban J connectivity index is 1.33. The molecule has 0 unspecified atom stereocenters. The number of rotatable bonds is 10. The monoisotopic (exact) mass is 770 g/mol. The van der Waals surface area contributed by atoms with Crippen LogP contribution >= 0.6 is 0 Å². The first-order chi connectivity index (χ1) is 26.9.